The van der Waals surface area contributed by atoms with Gasteiger partial charge in [-0.2, -0.15) is 0 Å². The molecule has 0 spiro atoms. The van der Waals surface area contributed by atoms with Gasteiger partial charge in [-0.1, -0.05) is 17.7 Å². The normalized spacial score (nSPS) is 24.5. The zero-order valence-corrected chi connectivity index (χ0v) is 16.4. The molecule has 2 fully saturated rings. The van der Waals surface area contributed by atoms with Gasteiger partial charge in [-0.25, -0.2) is 0 Å². The van der Waals surface area contributed by atoms with Crippen LogP contribution in [0.1, 0.15) is 36.5 Å². The van der Waals surface area contributed by atoms with Crippen molar-refractivity contribution in [2.24, 2.45) is 0 Å². The summed E-state index contributed by atoms with van der Waals surface area (Å²) in [5.41, 5.74) is 5.80. The first-order valence-electron chi connectivity index (χ1n) is 9.82. The fourth-order valence-corrected chi connectivity index (χ4v) is 4.73. The summed E-state index contributed by atoms with van der Waals surface area (Å²) in [5.74, 6) is 0. The summed E-state index contributed by atoms with van der Waals surface area (Å²) < 4.78 is 1.25. The molecule has 0 aromatic heterocycles. The van der Waals surface area contributed by atoms with Gasteiger partial charge in [0.25, 0.3) is 0 Å². The third-order valence-corrected chi connectivity index (χ3v) is 6.44. The van der Waals surface area contributed by atoms with E-state index < -0.39 is 0 Å². The first kappa shape index (κ1) is 17.8. The minimum absolute atomic E-state index is 0.698. The van der Waals surface area contributed by atoms with Crippen LogP contribution in [0.2, 0.25) is 0 Å². The van der Waals surface area contributed by atoms with Gasteiger partial charge in [0.2, 0.25) is 0 Å². The summed E-state index contributed by atoms with van der Waals surface area (Å²) in [7, 11) is 2.41. The number of aryl methyl sites for hydroxylation is 3. The number of piperazine rings is 1. The molecule has 134 valence electrons. The van der Waals surface area contributed by atoms with E-state index in [9.17, 15) is 0 Å². The summed E-state index contributed by atoms with van der Waals surface area (Å²) >= 11 is 0. The Morgan fingerprint density at radius 3 is 2.25 bits per heavy atom. The fraction of sp³-hybridized carbons (Fsp3) is 0.714. The van der Waals surface area contributed by atoms with Gasteiger partial charge in [0.05, 0.1) is 26.7 Å². The van der Waals surface area contributed by atoms with Crippen molar-refractivity contribution >= 4 is 5.69 Å². The minimum atomic E-state index is 0.698. The van der Waals surface area contributed by atoms with Crippen molar-refractivity contribution in [3.05, 3.63) is 28.8 Å². The number of rotatable bonds is 4. The maximum absolute atomic E-state index is 2.72. The second-order valence-electron chi connectivity index (χ2n) is 8.42. The van der Waals surface area contributed by atoms with Crippen LogP contribution in [0.4, 0.5) is 5.69 Å². The van der Waals surface area contributed by atoms with Crippen molar-refractivity contribution in [2.45, 2.75) is 46.6 Å². The van der Waals surface area contributed by atoms with Crippen molar-refractivity contribution in [2.75, 3.05) is 57.8 Å². The van der Waals surface area contributed by atoms with Gasteiger partial charge >= 0.3 is 0 Å². The van der Waals surface area contributed by atoms with E-state index in [2.05, 4.69) is 56.7 Å². The maximum Gasteiger partial charge on any atom is 0.0914 e. The Bertz CT molecular complexity index is 549. The van der Waals surface area contributed by atoms with E-state index in [1.165, 1.54) is 85.5 Å². The van der Waals surface area contributed by atoms with Crippen molar-refractivity contribution < 1.29 is 4.48 Å². The molecule has 3 nitrogen and oxygen atoms in total. The van der Waals surface area contributed by atoms with Crippen LogP contribution in [-0.4, -0.2) is 68.3 Å². The number of nitrogens with zero attached hydrogens (tertiary/aromatic N) is 3. The summed E-state index contributed by atoms with van der Waals surface area (Å²) in [4.78, 5) is 5.43. The van der Waals surface area contributed by atoms with E-state index in [4.69, 9.17) is 0 Å². The second kappa shape index (κ2) is 7.05. The molecule has 0 amide bonds. The molecule has 0 aliphatic carbocycles. The highest BCUT2D eigenvalue weighted by atomic mass is 15.4. The zero-order chi connectivity index (χ0) is 17.3. The number of hydrogen-bond acceptors (Lipinski definition) is 2. The fourth-order valence-electron chi connectivity index (χ4n) is 4.73. The first-order chi connectivity index (χ1) is 11.4. The van der Waals surface area contributed by atoms with Crippen molar-refractivity contribution in [3.8, 4) is 0 Å². The first-order valence-corrected chi connectivity index (χ1v) is 9.82. The Balaban J connectivity index is 1.69. The van der Waals surface area contributed by atoms with E-state index in [1.54, 1.807) is 0 Å². The Labute approximate surface area is 148 Å². The van der Waals surface area contributed by atoms with Crippen LogP contribution in [-0.2, 0) is 0 Å². The molecule has 3 heteroatoms. The predicted molar refractivity (Wildman–Crippen MR) is 104 cm³/mol. The van der Waals surface area contributed by atoms with Gasteiger partial charge in [0.15, 0.2) is 0 Å². The average molecular weight is 331 g/mol. The highest BCUT2D eigenvalue weighted by Gasteiger charge is 2.32. The molecule has 1 unspecified atom stereocenters. The maximum atomic E-state index is 2.72. The Morgan fingerprint density at radius 1 is 1.04 bits per heavy atom. The molecule has 2 heterocycles. The number of hydrogen-bond donors (Lipinski definition) is 0. The van der Waals surface area contributed by atoms with Crippen molar-refractivity contribution in [1.29, 1.82) is 0 Å². The molecule has 0 N–H and O–H groups in total. The van der Waals surface area contributed by atoms with Crippen molar-refractivity contribution in [1.82, 2.24) is 4.90 Å². The van der Waals surface area contributed by atoms with E-state index in [0.717, 1.165) is 0 Å². The van der Waals surface area contributed by atoms with E-state index >= 15 is 0 Å². The molecule has 1 atom stereocenters. The molecule has 2 aliphatic heterocycles. The monoisotopic (exact) mass is 330 g/mol. The number of anilines is 1. The molecule has 2 aliphatic rings. The quantitative estimate of drug-likeness (QED) is 0.781. The molecule has 2 saturated heterocycles. The third-order valence-electron chi connectivity index (χ3n) is 6.44. The zero-order valence-electron chi connectivity index (χ0n) is 16.4. The third kappa shape index (κ3) is 3.62. The Morgan fingerprint density at radius 2 is 1.67 bits per heavy atom. The summed E-state index contributed by atoms with van der Waals surface area (Å²) in [6.45, 7) is 18.0. The van der Waals surface area contributed by atoms with Crippen LogP contribution in [0.5, 0.6) is 0 Å². The van der Waals surface area contributed by atoms with Gasteiger partial charge in [0, 0.05) is 37.9 Å². The minimum Gasteiger partial charge on any atom is -0.367 e. The molecule has 24 heavy (non-hydrogen) atoms. The van der Waals surface area contributed by atoms with Gasteiger partial charge in [-0.05, 0) is 51.7 Å². The molecule has 0 radical (unpaired) electrons. The smallest absolute Gasteiger partial charge is 0.0914 e. The molecule has 1 aromatic rings. The number of quaternary nitrogens is 1. The summed E-state index contributed by atoms with van der Waals surface area (Å²) in [6, 6.07) is 5.40. The molecule has 0 bridgehead atoms. The van der Waals surface area contributed by atoms with Crippen LogP contribution in [0.25, 0.3) is 0 Å². The van der Waals surface area contributed by atoms with Crippen LogP contribution >= 0.6 is 0 Å². The number of likely N-dealkylation sites (N-methyl/N-ethyl adjacent to an activating group) is 1. The van der Waals surface area contributed by atoms with Crippen molar-refractivity contribution in [3.63, 3.8) is 0 Å². The lowest BCUT2D eigenvalue weighted by Gasteiger charge is -2.43. The molecular weight excluding hydrogens is 294 g/mol. The summed E-state index contributed by atoms with van der Waals surface area (Å²) in [5, 5.41) is 0. The average Bonchev–Trinajstić information content (AvgIpc) is 2.97. The van der Waals surface area contributed by atoms with E-state index in [0.29, 0.717) is 6.04 Å². The lowest BCUT2D eigenvalue weighted by Crippen LogP contribution is -2.58. The van der Waals surface area contributed by atoms with Gasteiger partial charge in [-0.15, -0.1) is 0 Å². The van der Waals surface area contributed by atoms with Crippen LogP contribution in [0.3, 0.4) is 0 Å². The standard InChI is InChI=1S/C21H36N3/c1-6-24(5)12-10-22(11-13-24)16-20-8-7-9-23(20)21-18(3)14-17(2)15-19(21)4/h14-15,20H,6-13,16H2,1-5H3/q+1. The van der Waals surface area contributed by atoms with Gasteiger partial charge in [-0.3, -0.25) is 4.90 Å². The topological polar surface area (TPSA) is 6.48 Å². The lowest BCUT2D eigenvalue weighted by atomic mass is 10.0. The SMILES string of the molecule is CC[N+]1(C)CCN(CC2CCCN2c2c(C)cc(C)cc2C)CC1. The highest BCUT2D eigenvalue weighted by molar-refractivity contribution is 5.61. The lowest BCUT2D eigenvalue weighted by molar-refractivity contribution is -0.911. The number of benzene rings is 1. The van der Waals surface area contributed by atoms with Crippen LogP contribution < -0.4 is 4.90 Å². The molecule has 1 aromatic carbocycles. The van der Waals surface area contributed by atoms with E-state index in [1.807, 2.05) is 0 Å². The van der Waals surface area contributed by atoms with E-state index in [-0.39, 0.29) is 0 Å². The Kier molecular flexibility index (Phi) is 5.22. The Hall–Kier alpha value is -1.06. The highest BCUT2D eigenvalue weighted by Crippen LogP contribution is 2.33. The molecule has 0 saturated carbocycles. The predicted octanol–water partition coefficient (Wildman–Crippen LogP) is 3.36. The van der Waals surface area contributed by atoms with Crippen LogP contribution in [0.15, 0.2) is 12.1 Å². The van der Waals surface area contributed by atoms with Gasteiger partial charge in [0.1, 0.15) is 0 Å². The molecule has 3 rings (SSSR count). The van der Waals surface area contributed by atoms with Gasteiger partial charge < -0.3 is 9.38 Å². The largest absolute Gasteiger partial charge is 0.367 e. The van der Waals surface area contributed by atoms with Crippen LogP contribution in [0, 0.1) is 20.8 Å². The summed E-state index contributed by atoms with van der Waals surface area (Å²) in [6.07, 6.45) is 2.69. The molecular formula is C21H36N3+. The second-order valence-corrected chi connectivity index (χ2v) is 8.42.